The van der Waals surface area contributed by atoms with Crippen molar-refractivity contribution in [1.82, 2.24) is 0 Å². The van der Waals surface area contributed by atoms with Crippen molar-refractivity contribution in [2.45, 2.75) is 18.7 Å². The van der Waals surface area contributed by atoms with E-state index in [1.807, 2.05) is 26.0 Å². The zero-order chi connectivity index (χ0) is 15.4. The minimum atomic E-state index is -0.535. The summed E-state index contributed by atoms with van der Waals surface area (Å²) < 4.78 is 13.6. The number of benzene rings is 2. The number of halogens is 2. The smallest absolute Gasteiger partial charge is 0.234 e. The predicted octanol–water partition coefficient (Wildman–Crippen LogP) is 4.83. The first-order chi connectivity index (χ1) is 9.95. The van der Waals surface area contributed by atoms with E-state index in [1.54, 1.807) is 0 Å². The van der Waals surface area contributed by atoms with Gasteiger partial charge in [-0.25, -0.2) is 4.39 Å². The molecule has 0 aliphatic rings. The molecule has 0 fully saturated rings. The number of nitrogens with one attached hydrogen (secondary N) is 1. The first-order valence-electron chi connectivity index (χ1n) is 6.40. The fraction of sp³-hybridized carbons (Fsp3) is 0.188. The lowest BCUT2D eigenvalue weighted by Crippen LogP contribution is -2.15. The summed E-state index contributed by atoms with van der Waals surface area (Å²) in [7, 11) is 0. The van der Waals surface area contributed by atoms with E-state index in [0.29, 0.717) is 5.02 Å². The molecule has 0 heterocycles. The molecule has 0 saturated carbocycles. The molecule has 2 rings (SSSR count). The third kappa shape index (κ3) is 4.48. The highest BCUT2D eigenvalue weighted by atomic mass is 35.5. The van der Waals surface area contributed by atoms with Crippen LogP contribution in [0.15, 0.2) is 41.3 Å². The third-order valence-corrected chi connectivity index (χ3v) is 4.31. The number of hydrogen-bond donors (Lipinski definition) is 1. The van der Waals surface area contributed by atoms with Crippen LogP contribution in [0, 0.1) is 19.7 Å². The average molecular weight is 324 g/mol. The number of amides is 1. The summed E-state index contributed by atoms with van der Waals surface area (Å²) in [5, 5.41) is 2.85. The van der Waals surface area contributed by atoms with Gasteiger partial charge in [0.1, 0.15) is 5.82 Å². The molecule has 21 heavy (non-hydrogen) atoms. The van der Waals surface area contributed by atoms with Crippen LogP contribution in [0.1, 0.15) is 11.1 Å². The fourth-order valence-corrected chi connectivity index (χ4v) is 2.85. The first-order valence-corrected chi connectivity index (χ1v) is 7.77. The molecular weight excluding hydrogens is 309 g/mol. The average Bonchev–Trinajstić information content (AvgIpc) is 2.41. The normalized spacial score (nSPS) is 10.5. The van der Waals surface area contributed by atoms with Crippen molar-refractivity contribution in [2.24, 2.45) is 0 Å². The third-order valence-electron chi connectivity index (χ3n) is 2.89. The van der Waals surface area contributed by atoms with Gasteiger partial charge in [-0.3, -0.25) is 4.79 Å². The maximum atomic E-state index is 13.6. The Bertz CT molecular complexity index is 675. The van der Waals surface area contributed by atoms with Crippen molar-refractivity contribution in [3.63, 3.8) is 0 Å². The lowest BCUT2D eigenvalue weighted by molar-refractivity contribution is -0.113. The van der Waals surface area contributed by atoms with E-state index < -0.39 is 5.82 Å². The Morgan fingerprint density at radius 1 is 1.24 bits per heavy atom. The Hall–Kier alpha value is -1.52. The standard InChI is InChI=1S/C16H15ClFNOS/c1-10-3-6-15(11(2)7-10)21-9-16(20)19-14-5-4-12(17)8-13(14)18/h3-8H,9H2,1-2H3,(H,19,20). The highest BCUT2D eigenvalue weighted by Gasteiger charge is 2.09. The van der Waals surface area contributed by atoms with Crippen molar-refractivity contribution in [1.29, 1.82) is 0 Å². The minimum absolute atomic E-state index is 0.144. The van der Waals surface area contributed by atoms with E-state index >= 15 is 0 Å². The first kappa shape index (κ1) is 15.9. The van der Waals surface area contributed by atoms with E-state index in [-0.39, 0.29) is 17.3 Å². The second kappa shape index (κ2) is 6.96. The molecule has 0 atom stereocenters. The molecule has 0 bridgehead atoms. The number of anilines is 1. The summed E-state index contributed by atoms with van der Waals surface area (Å²) in [5.41, 5.74) is 2.46. The van der Waals surface area contributed by atoms with Crippen LogP contribution >= 0.6 is 23.4 Å². The zero-order valence-corrected chi connectivity index (χ0v) is 13.3. The number of thioether (sulfide) groups is 1. The zero-order valence-electron chi connectivity index (χ0n) is 11.7. The molecule has 5 heteroatoms. The molecule has 0 aromatic heterocycles. The van der Waals surface area contributed by atoms with Crippen LogP contribution in [-0.2, 0) is 4.79 Å². The van der Waals surface area contributed by atoms with Gasteiger partial charge in [0, 0.05) is 9.92 Å². The predicted molar refractivity (Wildman–Crippen MR) is 86.7 cm³/mol. The molecule has 0 unspecified atom stereocenters. The molecule has 2 aromatic carbocycles. The van der Waals surface area contributed by atoms with Gasteiger partial charge in [0.15, 0.2) is 0 Å². The van der Waals surface area contributed by atoms with Gasteiger partial charge in [0.2, 0.25) is 5.91 Å². The van der Waals surface area contributed by atoms with Gasteiger partial charge in [-0.15, -0.1) is 11.8 Å². The number of carbonyl (C=O) groups excluding carboxylic acids is 1. The second-order valence-electron chi connectivity index (χ2n) is 4.73. The monoisotopic (exact) mass is 323 g/mol. The Morgan fingerprint density at radius 2 is 2.00 bits per heavy atom. The lowest BCUT2D eigenvalue weighted by atomic mass is 10.2. The number of aryl methyl sites for hydroxylation is 2. The number of rotatable bonds is 4. The summed E-state index contributed by atoms with van der Waals surface area (Å²) >= 11 is 7.10. The maximum absolute atomic E-state index is 13.6. The summed E-state index contributed by atoms with van der Waals surface area (Å²) in [6.45, 7) is 4.03. The van der Waals surface area contributed by atoms with Crippen molar-refractivity contribution >= 4 is 35.0 Å². The van der Waals surface area contributed by atoms with Crippen LogP contribution < -0.4 is 5.32 Å². The van der Waals surface area contributed by atoms with Crippen molar-refractivity contribution in [3.05, 3.63) is 58.4 Å². The highest BCUT2D eigenvalue weighted by Crippen LogP contribution is 2.24. The van der Waals surface area contributed by atoms with Crippen molar-refractivity contribution in [3.8, 4) is 0 Å². The quantitative estimate of drug-likeness (QED) is 0.817. The topological polar surface area (TPSA) is 29.1 Å². The van der Waals surface area contributed by atoms with Gasteiger partial charge >= 0.3 is 0 Å². The van der Waals surface area contributed by atoms with E-state index in [9.17, 15) is 9.18 Å². The Balaban J connectivity index is 1.96. The van der Waals surface area contributed by atoms with Crippen LogP contribution in [0.25, 0.3) is 0 Å². The molecule has 0 spiro atoms. The molecule has 0 aliphatic carbocycles. The van der Waals surface area contributed by atoms with Crippen molar-refractivity contribution in [2.75, 3.05) is 11.1 Å². The lowest BCUT2D eigenvalue weighted by Gasteiger charge is -2.08. The van der Waals surface area contributed by atoms with Crippen LogP contribution in [0.5, 0.6) is 0 Å². The van der Waals surface area contributed by atoms with Crippen molar-refractivity contribution < 1.29 is 9.18 Å². The molecule has 0 radical (unpaired) electrons. The molecule has 110 valence electrons. The van der Waals surface area contributed by atoms with Crippen LogP contribution in [0.4, 0.5) is 10.1 Å². The molecule has 2 nitrogen and oxygen atoms in total. The summed E-state index contributed by atoms with van der Waals surface area (Å²) in [6.07, 6.45) is 0. The molecule has 0 saturated heterocycles. The van der Waals surface area contributed by atoms with Crippen LogP contribution in [-0.4, -0.2) is 11.7 Å². The minimum Gasteiger partial charge on any atom is -0.323 e. The molecule has 1 amide bonds. The van der Waals surface area contributed by atoms with Gasteiger partial charge in [-0.2, -0.15) is 0 Å². The van der Waals surface area contributed by atoms with Gasteiger partial charge in [0.25, 0.3) is 0 Å². The van der Waals surface area contributed by atoms with E-state index in [1.165, 1.54) is 35.5 Å². The molecule has 2 aromatic rings. The van der Waals surface area contributed by atoms with Gasteiger partial charge < -0.3 is 5.32 Å². The Kier molecular flexibility index (Phi) is 5.26. The highest BCUT2D eigenvalue weighted by molar-refractivity contribution is 8.00. The maximum Gasteiger partial charge on any atom is 0.234 e. The Morgan fingerprint density at radius 3 is 2.67 bits per heavy atom. The largest absolute Gasteiger partial charge is 0.323 e. The summed E-state index contributed by atoms with van der Waals surface area (Å²) in [4.78, 5) is 12.9. The van der Waals surface area contributed by atoms with E-state index in [2.05, 4.69) is 11.4 Å². The van der Waals surface area contributed by atoms with Gasteiger partial charge in [0.05, 0.1) is 11.4 Å². The molecule has 0 aliphatic heterocycles. The SMILES string of the molecule is Cc1ccc(SCC(=O)Nc2ccc(Cl)cc2F)c(C)c1. The number of hydrogen-bond acceptors (Lipinski definition) is 2. The van der Waals surface area contributed by atoms with Crippen LogP contribution in [0.3, 0.4) is 0 Å². The Labute approximate surface area is 132 Å². The molecular formula is C16H15ClFNOS. The van der Waals surface area contributed by atoms with E-state index in [4.69, 9.17) is 11.6 Å². The summed E-state index contributed by atoms with van der Waals surface area (Å²) in [6, 6.07) is 10.2. The summed E-state index contributed by atoms with van der Waals surface area (Å²) in [5.74, 6) is -0.556. The fourth-order valence-electron chi connectivity index (χ4n) is 1.88. The van der Waals surface area contributed by atoms with Crippen LogP contribution in [0.2, 0.25) is 5.02 Å². The van der Waals surface area contributed by atoms with E-state index in [0.717, 1.165) is 10.5 Å². The van der Waals surface area contributed by atoms with Gasteiger partial charge in [-0.1, -0.05) is 29.3 Å². The second-order valence-corrected chi connectivity index (χ2v) is 6.18. The number of carbonyl (C=O) groups is 1. The van der Waals surface area contributed by atoms with Gasteiger partial charge in [-0.05, 0) is 43.7 Å². The molecule has 1 N–H and O–H groups in total.